The van der Waals surface area contributed by atoms with Gasteiger partial charge in [0, 0.05) is 12.6 Å². The van der Waals surface area contributed by atoms with Crippen LogP contribution in [0.3, 0.4) is 0 Å². The van der Waals surface area contributed by atoms with E-state index in [0.717, 1.165) is 28.1 Å². The van der Waals surface area contributed by atoms with Gasteiger partial charge in [-0.3, -0.25) is 4.79 Å². The Balaban J connectivity index is 1.25. The van der Waals surface area contributed by atoms with E-state index < -0.39 is 0 Å². The smallest absolute Gasteiger partial charge is 0.235 e. The Morgan fingerprint density at radius 3 is 2.82 bits per heavy atom. The van der Waals surface area contributed by atoms with E-state index in [0.29, 0.717) is 18.3 Å². The van der Waals surface area contributed by atoms with Crippen LogP contribution >= 0.6 is 23.1 Å². The van der Waals surface area contributed by atoms with Crippen LogP contribution < -0.4 is 10.6 Å². The van der Waals surface area contributed by atoms with Gasteiger partial charge in [0.25, 0.3) is 0 Å². The van der Waals surface area contributed by atoms with E-state index in [2.05, 4.69) is 38.1 Å². The minimum absolute atomic E-state index is 0.0567. The molecule has 1 aromatic carbocycles. The van der Waals surface area contributed by atoms with Gasteiger partial charge < -0.3 is 10.6 Å². The van der Waals surface area contributed by atoms with Crippen molar-refractivity contribution in [1.29, 1.82) is 0 Å². The number of aromatic nitrogens is 4. The minimum atomic E-state index is -0.0567. The molecule has 3 aromatic rings. The molecule has 9 heteroatoms. The molecule has 0 atom stereocenters. The lowest BCUT2D eigenvalue weighted by atomic mass is 10.2. The molecular weight excluding hydrogens is 392 g/mol. The van der Waals surface area contributed by atoms with Gasteiger partial charge in [0.2, 0.25) is 11.0 Å². The molecule has 1 aliphatic carbocycles. The van der Waals surface area contributed by atoms with E-state index in [9.17, 15) is 4.79 Å². The summed E-state index contributed by atoms with van der Waals surface area (Å²) in [6.07, 6.45) is 6.46. The summed E-state index contributed by atoms with van der Waals surface area (Å²) in [5.41, 5.74) is 1.19. The number of carbonyl (C=O) groups excluding carboxylic acids is 1. The molecule has 0 unspecified atom stereocenters. The van der Waals surface area contributed by atoms with Crippen LogP contribution in [0.1, 0.15) is 37.3 Å². The summed E-state index contributed by atoms with van der Waals surface area (Å²) in [6, 6.07) is 12.4. The van der Waals surface area contributed by atoms with Crippen molar-refractivity contribution in [2.75, 3.05) is 16.4 Å². The van der Waals surface area contributed by atoms with Crippen LogP contribution in [0.2, 0.25) is 0 Å². The Labute approximate surface area is 171 Å². The van der Waals surface area contributed by atoms with Gasteiger partial charge in [0.05, 0.1) is 18.0 Å². The third-order valence-electron chi connectivity index (χ3n) is 4.63. The predicted octanol–water partition coefficient (Wildman–Crippen LogP) is 4.19. The standard InChI is InChI=1S/C19H22N6OS2/c26-17(22-16-10-11-21-25(16)15-8-4-5-9-15)13-27-19-24-23-18(28-19)20-12-14-6-2-1-3-7-14/h1-3,6-7,10-11,15H,4-5,8-9,12-13H2,(H,20,23)(H,22,26). The molecule has 0 radical (unpaired) electrons. The molecule has 1 saturated carbocycles. The molecule has 4 rings (SSSR count). The zero-order valence-corrected chi connectivity index (χ0v) is 17.0. The molecule has 0 spiro atoms. The maximum Gasteiger partial charge on any atom is 0.235 e. The molecule has 28 heavy (non-hydrogen) atoms. The van der Waals surface area contributed by atoms with Crippen molar-refractivity contribution in [1.82, 2.24) is 20.0 Å². The van der Waals surface area contributed by atoms with Crippen molar-refractivity contribution in [3.8, 4) is 0 Å². The highest BCUT2D eigenvalue weighted by Gasteiger charge is 2.20. The van der Waals surface area contributed by atoms with Crippen LogP contribution in [0.25, 0.3) is 0 Å². The highest BCUT2D eigenvalue weighted by Crippen LogP contribution is 2.31. The second-order valence-corrected chi connectivity index (χ2v) is 8.85. The second kappa shape index (κ2) is 9.20. The van der Waals surface area contributed by atoms with Crippen LogP contribution in [-0.2, 0) is 11.3 Å². The molecule has 2 N–H and O–H groups in total. The lowest BCUT2D eigenvalue weighted by Crippen LogP contribution is -2.19. The summed E-state index contributed by atoms with van der Waals surface area (Å²) in [6.45, 7) is 0.700. The predicted molar refractivity (Wildman–Crippen MR) is 113 cm³/mol. The van der Waals surface area contributed by atoms with Gasteiger partial charge in [-0.2, -0.15) is 5.10 Å². The number of rotatable bonds is 8. The minimum Gasteiger partial charge on any atom is -0.356 e. The van der Waals surface area contributed by atoms with E-state index in [1.807, 2.05) is 28.9 Å². The Morgan fingerprint density at radius 2 is 2.00 bits per heavy atom. The van der Waals surface area contributed by atoms with Crippen LogP contribution in [0, 0.1) is 0 Å². The zero-order valence-electron chi connectivity index (χ0n) is 15.4. The van der Waals surface area contributed by atoms with Crippen LogP contribution in [0.4, 0.5) is 10.9 Å². The van der Waals surface area contributed by atoms with Crippen molar-refractivity contribution in [2.24, 2.45) is 0 Å². The largest absolute Gasteiger partial charge is 0.356 e. The molecule has 1 amide bonds. The summed E-state index contributed by atoms with van der Waals surface area (Å²) in [4.78, 5) is 12.3. The number of hydrogen-bond donors (Lipinski definition) is 2. The SMILES string of the molecule is O=C(CSc1nnc(NCc2ccccc2)s1)Nc1ccnn1C1CCCC1. The number of anilines is 2. The van der Waals surface area contributed by atoms with Gasteiger partial charge >= 0.3 is 0 Å². The fourth-order valence-corrected chi connectivity index (χ4v) is 4.82. The van der Waals surface area contributed by atoms with Crippen LogP contribution in [-0.4, -0.2) is 31.6 Å². The maximum absolute atomic E-state index is 12.3. The average molecular weight is 415 g/mol. The van der Waals surface area contributed by atoms with Crippen molar-refractivity contribution < 1.29 is 4.79 Å². The molecule has 7 nitrogen and oxygen atoms in total. The highest BCUT2D eigenvalue weighted by molar-refractivity contribution is 8.01. The third-order valence-corrected chi connectivity index (χ3v) is 6.64. The van der Waals surface area contributed by atoms with Crippen LogP contribution in [0.5, 0.6) is 0 Å². The average Bonchev–Trinajstić information content (AvgIpc) is 3.47. The molecule has 146 valence electrons. The van der Waals surface area contributed by atoms with E-state index in [1.54, 1.807) is 6.20 Å². The topological polar surface area (TPSA) is 84.7 Å². The van der Waals surface area contributed by atoms with Gasteiger partial charge in [0.1, 0.15) is 5.82 Å². The summed E-state index contributed by atoms with van der Waals surface area (Å²) >= 11 is 2.85. The molecule has 1 fully saturated rings. The summed E-state index contributed by atoms with van der Waals surface area (Å²) in [7, 11) is 0. The van der Waals surface area contributed by atoms with E-state index in [4.69, 9.17) is 0 Å². The molecule has 0 aliphatic heterocycles. The molecule has 2 aromatic heterocycles. The Bertz CT molecular complexity index is 904. The number of nitrogens with zero attached hydrogens (tertiary/aromatic N) is 4. The quantitative estimate of drug-likeness (QED) is 0.538. The maximum atomic E-state index is 12.3. The lowest BCUT2D eigenvalue weighted by Gasteiger charge is -2.14. The molecule has 2 heterocycles. The van der Waals surface area contributed by atoms with Crippen LogP contribution in [0.15, 0.2) is 46.9 Å². The van der Waals surface area contributed by atoms with Gasteiger partial charge in [-0.05, 0) is 18.4 Å². The normalized spacial score (nSPS) is 14.3. The highest BCUT2D eigenvalue weighted by atomic mass is 32.2. The first kappa shape index (κ1) is 18.9. The van der Waals surface area contributed by atoms with E-state index in [1.165, 1.54) is 41.5 Å². The molecule has 0 saturated heterocycles. The lowest BCUT2D eigenvalue weighted by molar-refractivity contribution is -0.113. The van der Waals surface area contributed by atoms with E-state index in [-0.39, 0.29) is 5.91 Å². The third kappa shape index (κ3) is 4.90. The number of benzene rings is 1. The van der Waals surface area contributed by atoms with Crippen molar-refractivity contribution in [3.05, 3.63) is 48.2 Å². The number of thioether (sulfide) groups is 1. The van der Waals surface area contributed by atoms with Gasteiger partial charge in [-0.25, -0.2) is 4.68 Å². The number of carbonyl (C=O) groups is 1. The summed E-state index contributed by atoms with van der Waals surface area (Å²) in [5.74, 6) is 1.02. The fraction of sp³-hybridized carbons (Fsp3) is 0.368. The Kier molecular flexibility index (Phi) is 6.23. The Morgan fingerprint density at radius 1 is 1.18 bits per heavy atom. The first-order chi connectivity index (χ1) is 13.8. The van der Waals surface area contributed by atoms with Gasteiger partial charge in [-0.15, -0.1) is 10.2 Å². The van der Waals surface area contributed by atoms with Gasteiger partial charge in [-0.1, -0.05) is 66.3 Å². The first-order valence-corrected chi connectivity index (χ1v) is 11.2. The summed E-state index contributed by atoms with van der Waals surface area (Å²) < 4.78 is 2.72. The van der Waals surface area contributed by atoms with Crippen molar-refractivity contribution in [3.63, 3.8) is 0 Å². The van der Waals surface area contributed by atoms with Gasteiger partial charge in [0.15, 0.2) is 4.34 Å². The molecular formula is C19H22N6OS2. The fourth-order valence-electron chi connectivity index (χ4n) is 3.27. The van der Waals surface area contributed by atoms with Crippen molar-refractivity contribution in [2.45, 2.75) is 42.6 Å². The first-order valence-electron chi connectivity index (χ1n) is 9.35. The molecule has 1 aliphatic rings. The monoisotopic (exact) mass is 414 g/mol. The number of amides is 1. The summed E-state index contributed by atoms with van der Waals surface area (Å²) in [5, 5.41) is 19.7. The second-order valence-electron chi connectivity index (χ2n) is 6.65. The number of nitrogens with one attached hydrogen (secondary N) is 2. The Hall–Kier alpha value is -2.39. The van der Waals surface area contributed by atoms with E-state index >= 15 is 0 Å². The zero-order chi connectivity index (χ0) is 19.2. The number of hydrogen-bond acceptors (Lipinski definition) is 7. The molecule has 0 bridgehead atoms. The van der Waals surface area contributed by atoms with Crippen molar-refractivity contribution >= 4 is 40.0 Å².